The number of nitrogens with zero attached hydrogens (tertiary/aromatic N) is 4. The number of carbonyl (C=O) groups excluding carboxylic acids is 1. The second kappa shape index (κ2) is 7.28. The molecule has 0 aliphatic heterocycles. The molecule has 0 bridgehead atoms. The molecule has 6 nitrogen and oxygen atoms in total. The number of nitrogens with one attached hydrogen (secondary N) is 1. The van der Waals surface area contributed by atoms with Crippen molar-refractivity contribution < 1.29 is 4.79 Å². The number of carbonyl (C=O) groups is 1. The maximum atomic E-state index is 12.4. The van der Waals surface area contributed by atoms with Crippen molar-refractivity contribution >= 4 is 28.3 Å². The first-order valence-corrected chi connectivity index (χ1v) is 9.50. The number of amides is 1. The minimum Gasteiger partial charge on any atom is -0.350 e. The quantitative estimate of drug-likeness (QED) is 0.578. The average Bonchev–Trinajstić information content (AvgIpc) is 3.24. The molecule has 2 aromatic carbocycles. The van der Waals surface area contributed by atoms with Gasteiger partial charge in [0.1, 0.15) is 17.1 Å². The van der Waals surface area contributed by atoms with E-state index in [0.29, 0.717) is 6.54 Å². The first-order valence-electron chi connectivity index (χ1n) is 8.69. The van der Waals surface area contributed by atoms with Gasteiger partial charge in [0.2, 0.25) is 5.91 Å². The summed E-state index contributed by atoms with van der Waals surface area (Å²) in [5.74, 6) is -0.101. The van der Waals surface area contributed by atoms with Gasteiger partial charge in [-0.15, -0.1) is 16.4 Å². The Labute approximate surface area is 160 Å². The number of rotatable bonds is 5. The molecule has 1 N–H and O–H groups in total. The Balaban J connectivity index is 1.44. The fraction of sp³-hybridized carbons (Fsp3) is 0.200. The summed E-state index contributed by atoms with van der Waals surface area (Å²) in [7, 11) is 0. The smallest absolute Gasteiger partial charge is 0.242 e. The van der Waals surface area contributed by atoms with Gasteiger partial charge >= 0.3 is 0 Å². The molecule has 0 atom stereocenters. The molecule has 2 heterocycles. The van der Waals surface area contributed by atoms with Gasteiger partial charge in [-0.2, -0.15) is 0 Å². The Hall–Kier alpha value is -3.06. The van der Waals surface area contributed by atoms with Gasteiger partial charge in [-0.05, 0) is 31.5 Å². The molecule has 27 heavy (non-hydrogen) atoms. The Morgan fingerprint density at radius 1 is 1.11 bits per heavy atom. The topological polar surface area (TPSA) is 72.7 Å². The molecule has 0 unspecified atom stereocenters. The zero-order valence-corrected chi connectivity index (χ0v) is 16.0. The summed E-state index contributed by atoms with van der Waals surface area (Å²) in [4.78, 5) is 18.1. The molecule has 0 aliphatic rings. The van der Waals surface area contributed by atoms with Crippen LogP contribution in [0.3, 0.4) is 0 Å². The largest absolute Gasteiger partial charge is 0.350 e. The molecule has 0 aliphatic carbocycles. The SMILES string of the molecule is Cc1ccccc1-c1nc(C)c(CNC(=O)Cn2nnc3ccccc32)s1. The molecule has 4 rings (SSSR count). The van der Waals surface area contributed by atoms with Crippen LogP contribution < -0.4 is 5.32 Å². The average molecular weight is 377 g/mol. The molecule has 2 aromatic heterocycles. The van der Waals surface area contributed by atoms with Gasteiger partial charge in [0, 0.05) is 10.4 Å². The Morgan fingerprint density at radius 2 is 1.89 bits per heavy atom. The van der Waals surface area contributed by atoms with Crippen molar-refractivity contribution in [2.75, 3.05) is 0 Å². The van der Waals surface area contributed by atoms with Crippen molar-refractivity contribution in [3.05, 3.63) is 64.7 Å². The van der Waals surface area contributed by atoms with E-state index in [4.69, 9.17) is 0 Å². The molecule has 0 saturated carbocycles. The van der Waals surface area contributed by atoms with Crippen LogP contribution in [-0.4, -0.2) is 25.9 Å². The number of thiazole rings is 1. The highest BCUT2D eigenvalue weighted by atomic mass is 32.1. The van der Waals surface area contributed by atoms with Crippen molar-refractivity contribution in [1.29, 1.82) is 0 Å². The van der Waals surface area contributed by atoms with Crippen LogP contribution in [0.15, 0.2) is 48.5 Å². The fourth-order valence-electron chi connectivity index (χ4n) is 2.93. The number of benzene rings is 2. The summed E-state index contributed by atoms with van der Waals surface area (Å²) in [5.41, 5.74) is 4.91. The van der Waals surface area contributed by atoms with Gasteiger partial charge in [0.15, 0.2) is 0 Å². The maximum absolute atomic E-state index is 12.4. The second-order valence-corrected chi connectivity index (χ2v) is 7.44. The van der Waals surface area contributed by atoms with E-state index in [1.165, 1.54) is 5.56 Å². The van der Waals surface area contributed by atoms with Gasteiger partial charge in [-0.3, -0.25) is 4.79 Å². The van der Waals surface area contributed by atoms with Crippen molar-refractivity contribution in [2.24, 2.45) is 0 Å². The third kappa shape index (κ3) is 3.59. The van der Waals surface area contributed by atoms with Gasteiger partial charge in [-0.1, -0.05) is 41.6 Å². The molecule has 4 aromatic rings. The van der Waals surface area contributed by atoms with E-state index in [9.17, 15) is 4.79 Å². The Kier molecular flexibility index (Phi) is 4.68. The van der Waals surface area contributed by atoms with Gasteiger partial charge in [0.25, 0.3) is 0 Å². The minimum atomic E-state index is -0.101. The van der Waals surface area contributed by atoms with E-state index >= 15 is 0 Å². The van der Waals surface area contributed by atoms with Crippen LogP contribution in [0.5, 0.6) is 0 Å². The van der Waals surface area contributed by atoms with Crippen molar-refractivity contribution in [1.82, 2.24) is 25.3 Å². The fourth-order valence-corrected chi connectivity index (χ4v) is 4.02. The molecule has 136 valence electrons. The van der Waals surface area contributed by atoms with Crippen LogP contribution in [0.4, 0.5) is 0 Å². The molecule has 0 spiro atoms. The Bertz CT molecular complexity index is 1110. The minimum absolute atomic E-state index is 0.101. The summed E-state index contributed by atoms with van der Waals surface area (Å²) < 4.78 is 1.61. The van der Waals surface area contributed by atoms with E-state index in [-0.39, 0.29) is 12.5 Å². The van der Waals surface area contributed by atoms with Crippen molar-refractivity contribution in [3.63, 3.8) is 0 Å². The van der Waals surface area contributed by atoms with Crippen LogP contribution >= 0.6 is 11.3 Å². The number of aromatic nitrogens is 4. The second-order valence-electron chi connectivity index (χ2n) is 6.36. The van der Waals surface area contributed by atoms with Gasteiger partial charge < -0.3 is 5.32 Å². The number of para-hydroxylation sites is 1. The van der Waals surface area contributed by atoms with E-state index < -0.39 is 0 Å². The molecule has 0 fully saturated rings. The number of hydrogen-bond donors (Lipinski definition) is 1. The third-order valence-electron chi connectivity index (χ3n) is 4.43. The van der Waals surface area contributed by atoms with Gasteiger partial charge in [-0.25, -0.2) is 9.67 Å². The van der Waals surface area contributed by atoms with E-state index in [2.05, 4.69) is 39.7 Å². The monoisotopic (exact) mass is 377 g/mol. The van der Waals surface area contributed by atoms with Crippen LogP contribution in [0.25, 0.3) is 21.6 Å². The molecule has 7 heteroatoms. The van der Waals surface area contributed by atoms with Crippen molar-refractivity contribution in [2.45, 2.75) is 26.9 Å². The lowest BCUT2D eigenvalue weighted by atomic mass is 10.1. The molecular formula is C20H19N5OS. The molecule has 1 amide bonds. The lowest BCUT2D eigenvalue weighted by Gasteiger charge is -2.05. The molecular weight excluding hydrogens is 358 g/mol. The third-order valence-corrected chi connectivity index (χ3v) is 5.62. The first kappa shape index (κ1) is 17.4. The zero-order chi connectivity index (χ0) is 18.8. The number of fused-ring (bicyclic) bond motifs is 1. The van der Waals surface area contributed by atoms with Crippen LogP contribution in [-0.2, 0) is 17.9 Å². The first-order chi connectivity index (χ1) is 13.1. The summed E-state index contributed by atoms with van der Waals surface area (Å²) in [6.07, 6.45) is 0. The molecule has 0 saturated heterocycles. The highest BCUT2D eigenvalue weighted by Crippen LogP contribution is 2.29. The highest BCUT2D eigenvalue weighted by Gasteiger charge is 2.13. The van der Waals surface area contributed by atoms with E-state index in [1.807, 2.05) is 43.3 Å². The summed E-state index contributed by atoms with van der Waals surface area (Å²) in [5, 5.41) is 12.1. The summed E-state index contributed by atoms with van der Waals surface area (Å²) >= 11 is 1.62. The summed E-state index contributed by atoms with van der Waals surface area (Å²) in [6.45, 7) is 4.66. The van der Waals surface area contributed by atoms with Crippen LogP contribution in [0, 0.1) is 13.8 Å². The van der Waals surface area contributed by atoms with Crippen molar-refractivity contribution in [3.8, 4) is 10.6 Å². The van der Waals surface area contributed by atoms with Crippen LogP contribution in [0.2, 0.25) is 0 Å². The number of aryl methyl sites for hydroxylation is 2. The standard InChI is InChI=1S/C20H19N5OS/c1-13-7-3-4-8-15(13)20-22-14(2)18(27-20)11-21-19(26)12-25-17-10-6-5-9-16(17)23-24-25/h3-10H,11-12H2,1-2H3,(H,21,26). The van der Waals surface area contributed by atoms with E-state index in [0.717, 1.165) is 32.2 Å². The summed E-state index contributed by atoms with van der Waals surface area (Å²) in [6, 6.07) is 15.8. The normalized spacial score (nSPS) is 11.0. The highest BCUT2D eigenvalue weighted by molar-refractivity contribution is 7.15. The number of hydrogen-bond acceptors (Lipinski definition) is 5. The van der Waals surface area contributed by atoms with E-state index in [1.54, 1.807) is 16.0 Å². The molecule has 0 radical (unpaired) electrons. The maximum Gasteiger partial charge on any atom is 0.242 e. The predicted octanol–water partition coefficient (Wildman–Crippen LogP) is 3.49. The Morgan fingerprint density at radius 3 is 2.74 bits per heavy atom. The van der Waals surface area contributed by atoms with Gasteiger partial charge in [0.05, 0.1) is 17.8 Å². The zero-order valence-electron chi connectivity index (χ0n) is 15.1. The van der Waals surface area contributed by atoms with Crippen LogP contribution in [0.1, 0.15) is 16.1 Å². The lowest BCUT2D eigenvalue weighted by Crippen LogP contribution is -2.27. The predicted molar refractivity (Wildman–Crippen MR) is 106 cm³/mol. The lowest BCUT2D eigenvalue weighted by molar-refractivity contribution is -0.121.